The molecule has 0 atom stereocenters. The SMILES string of the molecule is N#CCCN1CCN(C(N)=O)CC1. The summed E-state index contributed by atoms with van der Waals surface area (Å²) in [6.07, 6.45) is 0.552. The number of rotatable bonds is 2. The number of hydrogen-bond acceptors (Lipinski definition) is 3. The van der Waals surface area contributed by atoms with Crippen LogP contribution in [0.2, 0.25) is 0 Å². The van der Waals surface area contributed by atoms with Crippen LogP contribution in [0.15, 0.2) is 0 Å². The van der Waals surface area contributed by atoms with Crippen LogP contribution < -0.4 is 5.73 Å². The number of hydrogen-bond donors (Lipinski definition) is 1. The van der Waals surface area contributed by atoms with E-state index in [4.69, 9.17) is 11.0 Å². The molecule has 1 heterocycles. The number of carbonyl (C=O) groups is 1. The lowest BCUT2D eigenvalue weighted by Crippen LogP contribution is -2.50. The zero-order chi connectivity index (χ0) is 9.68. The van der Waals surface area contributed by atoms with Crippen molar-refractivity contribution in [3.05, 3.63) is 0 Å². The van der Waals surface area contributed by atoms with E-state index in [1.165, 1.54) is 0 Å². The maximum Gasteiger partial charge on any atom is 0.314 e. The molecule has 2 amide bonds. The molecule has 1 aliphatic heterocycles. The van der Waals surface area contributed by atoms with Crippen LogP contribution in [0.4, 0.5) is 4.79 Å². The van der Waals surface area contributed by atoms with Crippen molar-refractivity contribution in [1.82, 2.24) is 9.80 Å². The third-order valence-corrected chi connectivity index (χ3v) is 2.22. The molecule has 0 aromatic carbocycles. The Kier molecular flexibility index (Phi) is 3.53. The van der Waals surface area contributed by atoms with Crippen LogP contribution in [0.3, 0.4) is 0 Å². The number of primary amides is 1. The van der Waals surface area contributed by atoms with Gasteiger partial charge in [-0.2, -0.15) is 5.26 Å². The van der Waals surface area contributed by atoms with E-state index in [9.17, 15) is 4.79 Å². The van der Waals surface area contributed by atoms with Gasteiger partial charge in [0.1, 0.15) is 0 Å². The lowest BCUT2D eigenvalue weighted by atomic mass is 10.3. The molecule has 0 aliphatic carbocycles. The molecule has 72 valence electrons. The Morgan fingerprint density at radius 2 is 2.00 bits per heavy atom. The van der Waals surface area contributed by atoms with Crippen molar-refractivity contribution in [1.29, 1.82) is 5.26 Å². The van der Waals surface area contributed by atoms with Gasteiger partial charge in [-0.05, 0) is 0 Å². The summed E-state index contributed by atoms with van der Waals surface area (Å²) in [5, 5.41) is 8.38. The minimum Gasteiger partial charge on any atom is -0.351 e. The predicted octanol–water partition coefficient (Wildman–Crippen LogP) is -0.404. The second-order valence-electron chi connectivity index (χ2n) is 3.08. The van der Waals surface area contributed by atoms with Crippen molar-refractivity contribution in [3.63, 3.8) is 0 Å². The van der Waals surface area contributed by atoms with Crippen molar-refractivity contribution in [2.24, 2.45) is 5.73 Å². The number of urea groups is 1. The van der Waals surface area contributed by atoms with Crippen molar-refractivity contribution < 1.29 is 4.79 Å². The molecule has 0 saturated carbocycles. The molecule has 1 saturated heterocycles. The highest BCUT2D eigenvalue weighted by atomic mass is 16.2. The van der Waals surface area contributed by atoms with E-state index in [0.717, 1.165) is 19.6 Å². The van der Waals surface area contributed by atoms with Crippen LogP contribution >= 0.6 is 0 Å². The minimum atomic E-state index is -0.347. The van der Waals surface area contributed by atoms with E-state index in [2.05, 4.69) is 11.0 Å². The number of piperazine rings is 1. The van der Waals surface area contributed by atoms with Gasteiger partial charge in [-0.15, -0.1) is 0 Å². The van der Waals surface area contributed by atoms with Gasteiger partial charge < -0.3 is 10.6 Å². The Labute approximate surface area is 77.7 Å². The van der Waals surface area contributed by atoms with Gasteiger partial charge in [0.2, 0.25) is 0 Å². The molecule has 13 heavy (non-hydrogen) atoms. The number of carbonyl (C=O) groups excluding carboxylic acids is 1. The largest absolute Gasteiger partial charge is 0.351 e. The topological polar surface area (TPSA) is 73.4 Å². The quantitative estimate of drug-likeness (QED) is 0.631. The first kappa shape index (κ1) is 9.81. The Morgan fingerprint density at radius 1 is 1.38 bits per heavy atom. The lowest BCUT2D eigenvalue weighted by molar-refractivity contribution is 0.146. The number of nitrogens with zero attached hydrogens (tertiary/aromatic N) is 3. The first-order valence-corrected chi connectivity index (χ1v) is 4.37. The smallest absolute Gasteiger partial charge is 0.314 e. The van der Waals surface area contributed by atoms with E-state index in [0.29, 0.717) is 19.5 Å². The zero-order valence-corrected chi connectivity index (χ0v) is 7.57. The Hall–Kier alpha value is -1.28. The molecule has 1 aliphatic rings. The lowest BCUT2D eigenvalue weighted by Gasteiger charge is -2.33. The molecule has 2 N–H and O–H groups in total. The second kappa shape index (κ2) is 4.67. The van der Waals surface area contributed by atoms with Crippen LogP contribution in [0.5, 0.6) is 0 Å². The minimum absolute atomic E-state index is 0.347. The normalized spacial score (nSPS) is 18.2. The summed E-state index contributed by atoms with van der Waals surface area (Å²) < 4.78 is 0. The summed E-state index contributed by atoms with van der Waals surface area (Å²) in [5.41, 5.74) is 5.13. The van der Waals surface area contributed by atoms with Crippen molar-refractivity contribution in [2.75, 3.05) is 32.7 Å². The molecule has 0 radical (unpaired) electrons. The highest BCUT2D eigenvalue weighted by Gasteiger charge is 2.18. The van der Waals surface area contributed by atoms with Gasteiger partial charge in [-0.1, -0.05) is 0 Å². The van der Waals surface area contributed by atoms with Gasteiger partial charge in [0.25, 0.3) is 0 Å². The monoisotopic (exact) mass is 182 g/mol. The summed E-state index contributed by atoms with van der Waals surface area (Å²) in [6.45, 7) is 3.81. The number of nitriles is 1. The van der Waals surface area contributed by atoms with Crippen molar-refractivity contribution in [3.8, 4) is 6.07 Å². The molecule has 0 aromatic heterocycles. The third-order valence-electron chi connectivity index (χ3n) is 2.22. The summed E-state index contributed by atoms with van der Waals surface area (Å²) in [4.78, 5) is 14.5. The highest BCUT2D eigenvalue weighted by molar-refractivity contribution is 5.72. The highest BCUT2D eigenvalue weighted by Crippen LogP contribution is 2.01. The molecule has 1 rings (SSSR count). The maximum atomic E-state index is 10.8. The summed E-state index contributed by atoms with van der Waals surface area (Å²) in [5.74, 6) is 0. The molecule has 1 fully saturated rings. The van der Waals surface area contributed by atoms with Gasteiger partial charge in [0.15, 0.2) is 0 Å². The molecule has 0 unspecified atom stereocenters. The first-order valence-electron chi connectivity index (χ1n) is 4.37. The average Bonchev–Trinajstić information content (AvgIpc) is 2.15. The Balaban J connectivity index is 2.23. The van der Waals surface area contributed by atoms with Gasteiger partial charge in [-0.3, -0.25) is 4.90 Å². The van der Waals surface area contributed by atoms with Gasteiger partial charge in [-0.25, -0.2) is 4.79 Å². The molecular formula is C8H14N4O. The molecule has 0 bridgehead atoms. The van der Waals surface area contributed by atoms with Crippen molar-refractivity contribution >= 4 is 6.03 Å². The number of nitrogens with two attached hydrogens (primary N) is 1. The van der Waals surface area contributed by atoms with Gasteiger partial charge >= 0.3 is 6.03 Å². The van der Waals surface area contributed by atoms with Crippen LogP contribution in [-0.2, 0) is 0 Å². The fourth-order valence-electron chi connectivity index (χ4n) is 1.40. The standard InChI is InChI=1S/C8H14N4O/c9-2-1-3-11-4-6-12(7-5-11)8(10)13/h1,3-7H2,(H2,10,13). The molecule has 5 nitrogen and oxygen atoms in total. The van der Waals surface area contributed by atoms with E-state index < -0.39 is 0 Å². The molecular weight excluding hydrogens is 168 g/mol. The molecule has 5 heteroatoms. The van der Waals surface area contributed by atoms with Crippen LogP contribution in [0.1, 0.15) is 6.42 Å². The fraction of sp³-hybridized carbons (Fsp3) is 0.750. The molecule has 0 spiro atoms. The van der Waals surface area contributed by atoms with E-state index >= 15 is 0 Å². The average molecular weight is 182 g/mol. The number of amides is 2. The van der Waals surface area contributed by atoms with E-state index in [1.54, 1.807) is 4.90 Å². The van der Waals surface area contributed by atoms with E-state index in [-0.39, 0.29) is 6.03 Å². The second-order valence-corrected chi connectivity index (χ2v) is 3.08. The van der Waals surface area contributed by atoms with Crippen LogP contribution in [0, 0.1) is 11.3 Å². The summed E-state index contributed by atoms with van der Waals surface area (Å²) >= 11 is 0. The first-order chi connectivity index (χ1) is 6.24. The van der Waals surface area contributed by atoms with Crippen LogP contribution in [-0.4, -0.2) is 48.6 Å². The summed E-state index contributed by atoms with van der Waals surface area (Å²) in [6, 6.07) is 1.75. The zero-order valence-electron chi connectivity index (χ0n) is 7.57. The Bertz CT molecular complexity index is 215. The predicted molar refractivity (Wildman–Crippen MR) is 47.8 cm³/mol. The Morgan fingerprint density at radius 3 is 2.46 bits per heavy atom. The van der Waals surface area contributed by atoms with Crippen molar-refractivity contribution in [2.45, 2.75) is 6.42 Å². The van der Waals surface area contributed by atoms with Crippen LogP contribution in [0.25, 0.3) is 0 Å². The molecule has 0 aromatic rings. The fourth-order valence-corrected chi connectivity index (χ4v) is 1.40. The summed E-state index contributed by atoms with van der Waals surface area (Å²) in [7, 11) is 0. The van der Waals surface area contributed by atoms with Gasteiger partial charge in [0.05, 0.1) is 6.07 Å². The van der Waals surface area contributed by atoms with E-state index in [1.807, 2.05) is 0 Å². The third kappa shape index (κ3) is 2.92. The van der Waals surface area contributed by atoms with Gasteiger partial charge in [0, 0.05) is 39.1 Å². The maximum absolute atomic E-state index is 10.8.